The van der Waals surface area contributed by atoms with E-state index in [2.05, 4.69) is 30.6 Å². The van der Waals surface area contributed by atoms with Gasteiger partial charge in [-0.2, -0.15) is 5.10 Å². The van der Waals surface area contributed by atoms with Crippen LogP contribution in [0, 0.1) is 0 Å². The Balaban J connectivity index is 1.66. The van der Waals surface area contributed by atoms with Crippen molar-refractivity contribution in [3.63, 3.8) is 0 Å². The lowest BCUT2D eigenvalue weighted by Gasteiger charge is -1.98. The molecule has 1 amide bonds. The van der Waals surface area contributed by atoms with Crippen molar-refractivity contribution in [3.8, 4) is 11.4 Å². The molecule has 0 saturated heterocycles. The number of aromatic nitrogens is 6. The lowest BCUT2D eigenvalue weighted by Crippen LogP contribution is -2.25. The fraction of sp³-hybridized carbons (Fsp3) is 0.154. The Kier molecular flexibility index (Phi) is 3.52. The van der Waals surface area contributed by atoms with Crippen molar-refractivity contribution in [1.82, 2.24) is 35.3 Å². The molecule has 112 valence electrons. The highest BCUT2D eigenvalue weighted by atomic mass is 16.2. The largest absolute Gasteiger partial charge is 0.343 e. The smallest absolute Gasteiger partial charge is 0.342 e. The van der Waals surface area contributed by atoms with E-state index < -0.39 is 11.6 Å². The molecule has 0 bridgehead atoms. The topological polar surface area (TPSA) is 121 Å². The van der Waals surface area contributed by atoms with Crippen LogP contribution < -0.4 is 11.0 Å². The average Bonchev–Trinajstić information content (AvgIpc) is 3.13. The van der Waals surface area contributed by atoms with Crippen molar-refractivity contribution in [2.45, 2.75) is 6.54 Å². The molecular weight excluding hydrogens is 286 g/mol. The molecule has 3 aromatic rings. The van der Waals surface area contributed by atoms with E-state index >= 15 is 0 Å². The normalized spacial score (nSPS) is 10.6. The van der Waals surface area contributed by atoms with Gasteiger partial charge in [0, 0.05) is 12.6 Å². The van der Waals surface area contributed by atoms with Gasteiger partial charge in [0.15, 0.2) is 5.82 Å². The van der Waals surface area contributed by atoms with Gasteiger partial charge in [0.25, 0.3) is 5.91 Å². The second-order valence-corrected chi connectivity index (χ2v) is 4.56. The zero-order chi connectivity index (χ0) is 15.5. The first-order valence-corrected chi connectivity index (χ1v) is 6.51. The van der Waals surface area contributed by atoms with Gasteiger partial charge in [-0.3, -0.25) is 14.9 Å². The van der Waals surface area contributed by atoms with E-state index in [9.17, 15) is 9.59 Å². The van der Waals surface area contributed by atoms with Crippen LogP contribution in [-0.4, -0.2) is 35.9 Å². The predicted octanol–water partition coefficient (Wildman–Crippen LogP) is -0.177. The SMILES string of the molecule is Cn1nc(C(=O)NCc2nc(-c3ccccc3)n[nH]2)[nH]c1=O. The van der Waals surface area contributed by atoms with Gasteiger partial charge in [0.1, 0.15) is 5.82 Å². The Morgan fingerprint density at radius 1 is 1.32 bits per heavy atom. The summed E-state index contributed by atoms with van der Waals surface area (Å²) in [6, 6.07) is 9.48. The summed E-state index contributed by atoms with van der Waals surface area (Å²) in [5, 5.41) is 13.2. The minimum Gasteiger partial charge on any atom is -0.342 e. The summed E-state index contributed by atoms with van der Waals surface area (Å²) in [5.74, 6) is 0.521. The minimum absolute atomic E-state index is 0.0460. The quantitative estimate of drug-likeness (QED) is 0.617. The maximum absolute atomic E-state index is 11.8. The van der Waals surface area contributed by atoms with Gasteiger partial charge in [0.2, 0.25) is 5.82 Å². The monoisotopic (exact) mass is 299 g/mol. The Bertz CT molecular complexity index is 847. The number of carbonyl (C=O) groups is 1. The van der Waals surface area contributed by atoms with Crippen molar-refractivity contribution in [3.05, 3.63) is 52.5 Å². The fourth-order valence-corrected chi connectivity index (χ4v) is 1.84. The van der Waals surface area contributed by atoms with Crippen LogP contribution in [0.4, 0.5) is 0 Å². The highest BCUT2D eigenvalue weighted by Gasteiger charge is 2.12. The number of nitrogens with one attached hydrogen (secondary N) is 3. The molecule has 1 aromatic carbocycles. The Morgan fingerprint density at radius 2 is 2.09 bits per heavy atom. The van der Waals surface area contributed by atoms with Gasteiger partial charge >= 0.3 is 5.69 Å². The van der Waals surface area contributed by atoms with Crippen molar-refractivity contribution in [2.75, 3.05) is 0 Å². The fourth-order valence-electron chi connectivity index (χ4n) is 1.84. The van der Waals surface area contributed by atoms with Crippen LogP contribution in [0.25, 0.3) is 11.4 Å². The summed E-state index contributed by atoms with van der Waals surface area (Å²) in [5.41, 5.74) is 0.432. The lowest BCUT2D eigenvalue weighted by atomic mass is 10.2. The molecule has 2 heterocycles. The van der Waals surface area contributed by atoms with E-state index in [-0.39, 0.29) is 12.4 Å². The van der Waals surface area contributed by atoms with Gasteiger partial charge in [-0.15, -0.1) is 5.10 Å². The highest BCUT2D eigenvalue weighted by Crippen LogP contribution is 2.12. The Labute approximate surface area is 124 Å². The maximum atomic E-state index is 11.8. The predicted molar refractivity (Wildman–Crippen MR) is 76.8 cm³/mol. The molecule has 0 radical (unpaired) electrons. The molecule has 0 unspecified atom stereocenters. The second-order valence-electron chi connectivity index (χ2n) is 4.56. The van der Waals surface area contributed by atoms with Crippen LogP contribution in [0.5, 0.6) is 0 Å². The summed E-state index contributed by atoms with van der Waals surface area (Å²) in [7, 11) is 1.46. The summed E-state index contributed by atoms with van der Waals surface area (Å²) in [6.45, 7) is 0.150. The molecule has 9 heteroatoms. The first kappa shape index (κ1) is 13.7. The van der Waals surface area contributed by atoms with E-state index in [0.29, 0.717) is 11.6 Å². The minimum atomic E-state index is -0.490. The van der Waals surface area contributed by atoms with Crippen LogP contribution in [0.2, 0.25) is 0 Å². The van der Waals surface area contributed by atoms with Crippen LogP contribution in [0.1, 0.15) is 16.4 Å². The Hall–Kier alpha value is -3.23. The van der Waals surface area contributed by atoms with E-state index in [4.69, 9.17) is 0 Å². The zero-order valence-corrected chi connectivity index (χ0v) is 11.7. The highest BCUT2D eigenvalue weighted by molar-refractivity contribution is 5.90. The first-order chi connectivity index (χ1) is 10.6. The van der Waals surface area contributed by atoms with Gasteiger partial charge < -0.3 is 5.32 Å². The van der Waals surface area contributed by atoms with Crippen molar-refractivity contribution in [1.29, 1.82) is 0 Å². The van der Waals surface area contributed by atoms with E-state index in [1.807, 2.05) is 30.3 Å². The van der Waals surface area contributed by atoms with Crippen LogP contribution in [-0.2, 0) is 13.6 Å². The molecule has 3 N–H and O–H groups in total. The molecule has 0 saturated carbocycles. The molecule has 3 rings (SSSR count). The van der Waals surface area contributed by atoms with E-state index in [0.717, 1.165) is 10.2 Å². The van der Waals surface area contributed by atoms with Crippen LogP contribution in [0.15, 0.2) is 35.1 Å². The number of carbonyl (C=O) groups excluding carboxylic acids is 1. The number of aromatic amines is 2. The van der Waals surface area contributed by atoms with Crippen molar-refractivity contribution in [2.24, 2.45) is 7.05 Å². The standard InChI is InChI=1S/C13H13N7O2/c1-20-13(22)16-11(19-20)12(21)14-7-9-15-10(18-17-9)8-5-3-2-4-6-8/h2-6H,7H2,1H3,(H,14,21)(H,15,17,18)(H,16,19,22). The van der Waals surface area contributed by atoms with Gasteiger partial charge in [-0.25, -0.2) is 14.5 Å². The number of hydrogen-bond donors (Lipinski definition) is 3. The lowest BCUT2D eigenvalue weighted by molar-refractivity contribution is 0.0939. The zero-order valence-electron chi connectivity index (χ0n) is 11.7. The van der Waals surface area contributed by atoms with Crippen LogP contribution in [0.3, 0.4) is 0 Å². The number of aryl methyl sites for hydroxylation is 1. The molecule has 2 aromatic heterocycles. The molecule has 9 nitrogen and oxygen atoms in total. The van der Waals surface area contributed by atoms with Gasteiger partial charge in [-0.1, -0.05) is 30.3 Å². The average molecular weight is 299 g/mol. The summed E-state index contributed by atoms with van der Waals surface area (Å²) in [4.78, 5) is 29.7. The number of nitrogens with zero attached hydrogens (tertiary/aromatic N) is 4. The molecule has 0 fully saturated rings. The third-order valence-electron chi connectivity index (χ3n) is 2.96. The molecule has 0 atom stereocenters. The number of benzene rings is 1. The third kappa shape index (κ3) is 2.77. The maximum Gasteiger partial charge on any atom is 0.343 e. The number of amides is 1. The third-order valence-corrected chi connectivity index (χ3v) is 2.96. The van der Waals surface area contributed by atoms with Crippen molar-refractivity contribution >= 4 is 5.91 Å². The van der Waals surface area contributed by atoms with Crippen LogP contribution >= 0.6 is 0 Å². The van der Waals surface area contributed by atoms with E-state index in [1.165, 1.54) is 7.05 Å². The molecule has 0 aliphatic heterocycles. The van der Waals surface area contributed by atoms with Gasteiger partial charge in [0.05, 0.1) is 6.54 Å². The molecule has 22 heavy (non-hydrogen) atoms. The molecule has 0 aliphatic carbocycles. The molecule has 0 aliphatic rings. The van der Waals surface area contributed by atoms with Crippen molar-refractivity contribution < 1.29 is 4.79 Å². The second kappa shape index (κ2) is 5.64. The molecular formula is C13H13N7O2. The molecule has 0 spiro atoms. The summed E-state index contributed by atoms with van der Waals surface area (Å²) < 4.78 is 1.05. The Morgan fingerprint density at radius 3 is 2.77 bits per heavy atom. The van der Waals surface area contributed by atoms with E-state index in [1.54, 1.807) is 0 Å². The number of rotatable bonds is 4. The summed E-state index contributed by atoms with van der Waals surface area (Å²) in [6.07, 6.45) is 0. The van der Waals surface area contributed by atoms with Gasteiger partial charge in [-0.05, 0) is 0 Å². The number of hydrogen-bond acceptors (Lipinski definition) is 5. The first-order valence-electron chi connectivity index (χ1n) is 6.51. The summed E-state index contributed by atoms with van der Waals surface area (Å²) >= 11 is 0. The number of H-pyrrole nitrogens is 2.